The molecule has 0 aliphatic heterocycles. The molecule has 0 aromatic rings. The molecule has 0 aromatic heterocycles. The molecule has 9 heavy (non-hydrogen) atoms. The third-order valence-corrected chi connectivity index (χ3v) is 1.23. The second kappa shape index (κ2) is 6.03. The molecule has 54 valence electrons. The van der Waals surface area contributed by atoms with Crippen molar-refractivity contribution >= 4 is 15.1 Å². The van der Waals surface area contributed by atoms with E-state index < -0.39 is 0 Å². The van der Waals surface area contributed by atoms with Gasteiger partial charge in [0.1, 0.15) is 0 Å². The average molecular weight is 147 g/mol. The van der Waals surface area contributed by atoms with Gasteiger partial charge in [-0.1, -0.05) is 6.92 Å². The molecule has 0 saturated heterocycles. The van der Waals surface area contributed by atoms with Crippen LogP contribution in [0, 0.1) is 0 Å². The minimum atomic E-state index is 0.159. The lowest BCUT2D eigenvalue weighted by atomic mass is 10.4. The Kier molecular flexibility index (Phi) is 5.96. The Morgan fingerprint density at radius 2 is 2.33 bits per heavy atom. The lowest BCUT2D eigenvalue weighted by Gasteiger charge is -1.99. The van der Waals surface area contributed by atoms with Crippen molar-refractivity contribution in [2.75, 3.05) is 12.7 Å². The summed E-state index contributed by atoms with van der Waals surface area (Å²) in [5.74, 6) is 0.159. The van der Waals surface area contributed by atoms with Gasteiger partial charge in [-0.15, -0.1) is 9.24 Å². The minimum absolute atomic E-state index is 0.159. The normalized spacial score (nSPS) is 9.11. The van der Waals surface area contributed by atoms with E-state index in [0.717, 1.165) is 19.1 Å². The second-order valence-electron chi connectivity index (χ2n) is 1.89. The lowest BCUT2D eigenvalue weighted by molar-refractivity contribution is -0.120. The second-order valence-corrected chi connectivity index (χ2v) is 2.47. The minimum Gasteiger partial charge on any atom is -0.356 e. The Morgan fingerprint density at radius 3 is 2.78 bits per heavy atom. The van der Waals surface area contributed by atoms with Gasteiger partial charge in [-0.3, -0.25) is 4.79 Å². The van der Waals surface area contributed by atoms with Crippen LogP contribution in [-0.4, -0.2) is 18.6 Å². The first kappa shape index (κ1) is 8.90. The zero-order valence-electron chi connectivity index (χ0n) is 5.81. The fraction of sp³-hybridized carbons (Fsp3) is 0.833. The van der Waals surface area contributed by atoms with Crippen LogP contribution in [0.1, 0.15) is 19.8 Å². The first-order valence-corrected chi connectivity index (χ1v) is 4.09. The maximum Gasteiger partial charge on any atom is 0.220 e. The molecule has 0 fully saturated rings. The third-order valence-electron chi connectivity index (χ3n) is 0.944. The Hall–Kier alpha value is -0.100. The summed E-state index contributed by atoms with van der Waals surface area (Å²) in [6, 6.07) is 0. The van der Waals surface area contributed by atoms with Crippen LogP contribution in [-0.2, 0) is 4.79 Å². The standard InChI is InChI=1S/C6H14NOP/c1-2-4-7-6(8)3-5-9/h2-5,9H2,1H3,(H,7,8). The molecule has 0 rings (SSSR count). The van der Waals surface area contributed by atoms with E-state index in [0.29, 0.717) is 6.42 Å². The van der Waals surface area contributed by atoms with E-state index >= 15 is 0 Å². The van der Waals surface area contributed by atoms with Crippen molar-refractivity contribution in [2.24, 2.45) is 0 Å². The smallest absolute Gasteiger partial charge is 0.220 e. The van der Waals surface area contributed by atoms with Crippen molar-refractivity contribution in [2.45, 2.75) is 19.8 Å². The average Bonchev–Trinajstić information content (AvgIpc) is 1.85. The number of hydrogen-bond acceptors (Lipinski definition) is 1. The van der Waals surface area contributed by atoms with E-state index in [-0.39, 0.29) is 5.91 Å². The Labute approximate surface area is 58.6 Å². The van der Waals surface area contributed by atoms with Crippen LogP contribution in [0.5, 0.6) is 0 Å². The molecule has 0 spiro atoms. The highest BCUT2D eigenvalue weighted by molar-refractivity contribution is 7.16. The van der Waals surface area contributed by atoms with Crippen LogP contribution in [0.3, 0.4) is 0 Å². The Balaban J connectivity index is 3.06. The maximum absolute atomic E-state index is 10.7. The topological polar surface area (TPSA) is 29.1 Å². The van der Waals surface area contributed by atoms with Crippen molar-refractivity contribution in [3.05, 3.63) is 0 Å². The van der Waals surface area contributed by atoms with E-state index in [1.165, 1.54) is 0 Å². The molecule has 0 aliphatic carbocycles. The van der Waals surface area contributed by atoms with E-state index in [4.69, 9.17) is 0 Å². The van der Waals surface area contributed by atoms with Crippen LogP contribution in [0.4, 0.5) is 0 Å². The van der Waals surface area contributed by atoms with Gasteiger partial charge in [0.15, 0.2) is 0 Å². The summed E-state index contributed by atoms with van der Waals surface area (Å²) in [5.41, 5.74) is 0. The van der Waals surface area contributed by atoms with Gasteiger partial charge in [0.25, 0.3) is 0 Å². The van der Waals surface area contributed by atoms with Crippen molar-refractivity contribution in [1.29, 1.82) is 0 Å². The summed E-state index contributed by atoms with van der Waals surface area (Å²) in [5, 5.41) is 2.78. The molecule has 0 bridgehead atoms. The SMILES string of the molecule is CCCNC(=O)CCP. The van der Waals surface area contributed by atoms with Gasteiger partial charge in [0, 0.05) is 13.0 Å². The number of rotatable bonds is 4. The summed E-state index contributed by atoms with van der Waals surface area (Å²) in [7, 11) is 2.53. The van der Waals surface area contributed by atoms with Crippen LogP contribution in [0.25, 0.3) is 0 Å². The third kappa shape index (κ3) is 5.78. The molecule has 0 saturated carbocycles. The summed E-state index contributed by atoms with van der Waals surface area (Å²) in [6.45, 7) is 2.85. The van der Waals surface area contributed by atoms with Crippen molar-refractivity contribution in [1.82, 2.24) is 5.32 Å². The van der Waals surface area contributed by atoms with E-state index in [2.05, 4.69) is 14.6 Å². The van der Waals surface area contributed by atoms with Crippen LogP contribution >= 0.6 is 9.24 Å². The highest BCUT2D eigenvalue weighted by Gasteiger charge is 1.94. The highest BCUT2D eigenvalue weighted by Crippen LogP contribution is 1.86. The van der Waals surface area contributed by atoms with Gasteiger partial charge in [0.2, 0.25) is 5.91 Å². The predicted octanol–water partition coefficient (Wildman–Crippen LogP) is 0.778. The van der Waals surface area contributed by atoms with Gasteiger partial charge in [-0.05, 0) is 12.6 Å². The summed E-state index contributed by atoms with van der Waals surface area (Å²) >= 11 is 0. The largest absolute Gasteiger partial charge is 0.356 e. The molecular formula is C6H14NOP. The Morgan fingerprint density at radius 1 is 1.67 bits per heavy atom. The van der Waals surface area contributed by atoms with Gasteiger partial charge in [-0.25, -0.2) is 0 Å². The molecule has 1 unspecified atom stereocenters. The fourth-order valence-electron chi connectivity index (χ4n) is 0.484. The highest BCUT2D eigenvalue weighted by atomic mass is 31.0. The fourth-order valence-corrected chi connectivity index (χ4v) is 0.746. The molecule has 0 heterocycles. The Bertz CT molecular complexity index is 85.1. The van der Waals surface area contributed by atoms with Crippen molar-refractivity contribution in [3.63, 3.8) is 0 Å². The molecule has 2 nitrogen and oxygen atoms in total. The first-order valence-electron chi connectivity index (χ1n) is 3.28. The number of nitrogens with one attached hydrogen (secondary N) is 1. The van der Waals surface area contributed by atoms with Crippen molar-refractivity contribution in [3.8, 4) is 0 Å². The molecule has 1 amide bonds. The molecule has 0 aliphatic rings. The van der Waals surface area contributed by atoms with Crippen molar-refractivity contribution < 1.29 is 4.79 Å². The van der Waals surface area contributed by atoms with Gasteiger partial charge >= 0.3 is 0 Å². The van der Waals surface area contributed by atoms with Gasteiger partial charge in [0.05, 0.1) is 0 Å². The predicted molar refractivity (Wildman–Crippen MR) is 42.5 cm³/mol. The molecular weight excluding hydrogens is 133 g/mol. The number of amides is 1. The quantitative estimate of drug-likeness (QED) is 0.585. The number of carbonyl (C=O) groups excluding carboxylic acids is 1. The molecule has 0 aromatic carbocycles. The van der Waals surface area contributed by atoms with Gasteiger partial charge in [-0.2, -0.15) is 0 Å². The molecule has 1 N–H and O–H groups in total. The molecule has 0 radical (unpaired) electrons. The maximum atomic E-state index is 10.7. The number of carbonyl (C=O) groups is 1. The van der Waals surface area contributed by atoms with E-state index in [1.54, 1.807) is 0 Å². The lowest BCUT2D eigenvalue weighted by Crippen LogP contribution is -2.23. The monoisotopic (exact) mass is 147 g/mol. The van der Waals surface area contributed by atoms with Crippen LogP contribution < -0.4 is 5.32 Å². The summed E-state index contributed by atoms with van der Waals surface area (Å²) in [4.78, 5) is 10.7. The zero-order chi connectivity index (χ0) is 7.11. The van der Waals surface area contributed by atoms with Crippen LogP contribution in [0.15, 0.2) is 0 Å². The summed E-state index contributed by atoms with van der Waals surface area (Å²) in [6.07, 6.45) is 2.50. The van der Waals surface area contributed by atoms with Crippen LogP contribution in [0.2, 0.25) is 0 Å². The first-order chi connectivity index (χ1) is 4.31. The van der Waals surface area contributed by atoms with Gasteiger partial charge < -0.3 is 5.32 Å². The van der Waals surface area contributed by atoms with E-state index in [9.17, 15) is 4.79 Å². The number of hydrogen-bond donors (Lipinski definition) is 1. The molecule has 1 atom stereocenters. The zero-order valence-corrected chi connectivity index (χ0v) is 6.97. The summed E-state index contributed by atoms with van der Waals surface area (Å²) < 4.78 is 0. The molecule has 3 heteroatoms. The van der Waals surface area contributed by atoms with E-state index in [1.807, 2.05) is 6.92 Å².